The molecule has 0 aromatic carbocycles. The summed E-state index contributed by atoms with van der Waals surface area (Å²) in [7, 11) is 1.86. The van der Waals surface area contributed by atoms with E-state index in [-0.39, 0.29) is 5.84 Å². The summed E-state index contributed by atoms with van der Waals surface area (Å²) in [5.74, 6) is 1.45. The van der Waals surface area contributed by atoms with Crippen molar-refractivity contribution in [1.29, 1.82) is 5.41 Å². The third-order valence-corrected chi connectivity index (χ3v) is 4.06. The van der Waals surface area contributed by atoms with Gasteiger partial charge in [0.2, 0.25) is 5.82 Å². The maximum Gasteiger partial charge on any atom is 0.218 e. The first kappa shape index (κ1) is 15.7. The fourth-order valence-corrected chi connectivity index (χ4v) is 2.80. The second kappa shape index (κ2) is 5.92. The summed E-state index contributed by atoms with van der Waals surface area (Å²) in [5, 5.41) is 18.8. The van der Waals surface area contributed by atoms with E-state index in [1.54, 1.807) is 16.9 Å². The summed E-state index contributed by atoms with van der Waals surface area (Å²) in [5.41, 5.74) is 9.17. The molecule has 4 N–H and O–H groups in total. The second-order valence-electron chi connectivity index (χ2n) is 5.73. The number of aromatic amines is 1. The number of aromatic nitrogens is 7. The van der Waals surface area contributed by atoms with Crippen molar-refractivity contribution in [2.24, 2.45) is 17.8 Å². The number of nitrogens with zero attached hydrogens (tertiary/aromatic N) is 7. The highest BCUT2D eigenvalue weighted by atomic mass is 15.3. The SMILES string of the molecule is Cc1c(-c2ccn[nH]2)cn2nc(-c3nccn3C)nc(N=C(N)C=N)c12. The van der Waals surface area contributed by atoms with Gasteiger partial charge in [0, 0.05) is 37.4 Å². The molecule has 130 valence electrons. The predicted molar refractivity (Wildman–Crippen MR) is 97.6 cm³/mol. The Labute approximate surface area is 147 Å². The fourth-order valence-electron chi connectivity index (χ4n) is 2.80. The lowest BCUT2D eigenvalue weighted by molar-refractivity contribution is 0.859. The van der Waals surface area contributed by atoms with Crippen LogP contribution in [0.15, 0.2) is 35.8 Å². The lowest BCUT2D eigenvalue weighted by atomic mass is 10.1. The van der Waals surface area contributed by atoms with Crippen LogP contribution in [-0.2, 0) is 7.05 Å². The highest BCUT2D eigenvalue weighted by molar-refractivity contribution is 6.28. The van der Waals surface area contributed by atoms with Crippen molar-refractivity contribution in [2.75, 3.05) is 0 Å². The van der Waals surface area contributed by atoms with Gasteiger partial charge in [-0.05, 0) is 18.6 Å². The van der Waals surface area contributed by atoms with E-state index in [0.717, 1.165) is 23.0 Å². The van der Waals surface area contributed by atoms with Crippen LogP contribution in [0.1, 0.15) is 5.56 Å². The van der Waals surface area contributed by atoms with Crippen molar-refractivity contribution in [1.82, 2.24) is 34.3 Å². The van der Waals surface area contributed by atoms with Crippen LogP contribution in [0, 0.1) is 12.3 Å². The third kappa shape index (κ3) is 2.44. The van der Waals surface area contributed by atoms with E-state index < -0.39 is 0 Å². The first-order valence-corrected chi connectivity index (χ1v) is 7.80. The van der Waals surface area contributed by atoms with E-state index in [1.165, 1.54) is 0 Å². The maximum atomic E-state index is 7.31. The van der Waals surface area contributed by atoms with Crippen LogP contribution in [0.25, 0.3) is 28.4 Å². The average Bonchev–Trinajstić information content (AvgIpc) is 3.35. The van der Waals surface area contributed by atoms with E-state index in [0.29, 0.717) is 23.0 Å². The third-order valence-electron chi connectivity index (χ3n) is 4.06. The van der Waals surface area contributed by atoms with E-state index in [2.05, 4.69) is 30.3 Å². The molecule has 26 heavy (non-hydrogen) atoms. The zero-order valence-corrected chi connectivity index (χ0v) is 14.2. The highest BCUT2D eigenvalue weighted by Gasteiger charge is 2.18. The molecule has 10 heteroatoms. The molecule has 4 heterocycles. The number of nitrogens with one attached hydrogen (secondary N) is 2. The van der Waals surface area contributed by atoms with Gasteiger partial charge < -0.3 is 15.7 Å². The topological polar surface area (TPSA) is 139 Å². The lowest BCUT2D eigenvalue weighted by Crippen LogP contribution is -2.12. The molecular formula is C16H16N10. The van der Waals surface area contributed by atoms with Gasteiger partial charge >= 0.3 is 0 Å². The molecule has 0 fully saturated rings. The Bertz CT molecular complexity index is 1130. The Morgan fingerprint density at radius 3 is 2.88 bits per heavy atom. The number of hydrogen-bond acceptors (Lipinski definition) is 6. The monoisotopic (exact) mass is 348 g/mol. The van der Waals surface area contributed by atoms with Crippen molar-refractivity contribution in [3.63, 3.8) is 0 Å². The summed E-state index contributed by atoms with van der Waals surface area (Å²) in [6.07, 6.45) is 8.04. The van der Waals surface area contributed by atoms with Gasteiger partial charge in [0.15, 0.2) is 11.6 Å². The molecule has 0 aliphatic heterocycles. The molecule has 0 spiro atoms. The van der Waals surface area contributed by atoms with Crippen molar-refractivity contribution < 1.29 is 0 Å². The molecule has 0 atom stereocenters. The average molecular weight is 348 g/mol. The lowest BCUT2D eigenvalue weighted by Gasteiger charge is -2.05. The highest BCUT2D eigenvalue weighted by Crippen LogP contribution is 2.31. The normalized spacial score (nSPS) is 12.0. The molecule has 10 nitrogen and oxygen atoms in total. The summed E-state index contributed by atoms with van der Waals surface area (Å²) < 4.78 is 3.53. The smallest absolute Gasteiger partial charge is 0.218 e. The standard InChI is InChI=1S/C16H16N10/c1-9-10(11-3-4-20-23-11)8-26-13(9)14(21-12(18)7-17)22-15(24-26)16-19-5-6-25(16)2/h3-8,17H,1-2H3,(H,20,23)(H2,18,21,22,24). The first-order valence-electron chi connectivity index (χ1n) is 7.80. The molecule has 0 amide bonds. The fraction of sp³-hybridized carbons (Fsp3) is 0.125. The van der Waals surface area contributed by atoms with Crippen molar-refractivity contribution >= 4 is 23.4 Å². The number of imidazole rings is 1. The minimum atomic E-state index is 0.0556. The van der Waals surface area contributed by atoms with E-state index in [1.807, 2.05) is 37.0 Å². The van der Waals surface area contributed by atoms with Gasteiger partial charge in [-0.15, -0.1) is 5.10 Å². The second-order valence-corrected chi connectivity index (χ2v) is 5.73. The molecule has 4 aromatic heterocycles. The summed E-state index contributed by atoms with van der Waals surface area (Å²) >= 11 is 0. The summed E-state index contributed by atoms with van der Waals surface area (Å²) in [6.45, 7) is 1.95. The number of rotatable bonds is 4. The Morgan fingerprint density at radius 2 is 2.23 bits per heavy atom. The van der Waals surface area contributed by atoms with Gasteiger partial charge in [-0.1, -0.05) is 0 Å². The maximum absolute atomic E-state index is 7.31. The summed E-state index contributed by atoms with van der Waals surface area (Å²) in [4.78, 5) is 13.1. The molecule has 0 aliphatic carbocycles. The molecule has 4 aromatic rings. The molecule has 0 aliphatic rings. The van der Waals surface area contributed by atoms with Crippen LogP contribution < -0.4 is 5.73 Å². The molecule has 0 unspecified atom stereocenters. The van der Waals surface area contributed by atoms with Gasteiger partial charge in [-0.3, -0.25) is 5.10 Å². The van der Waals surface area contributed by atoms with Crippen LogP contribution in [0.4, 0.5) is 5.82 Å². The minimum Gasteiger partial charge on any atom is -0.382 e. The van der Waals surface area contributed by atoms with E-state index in [9.17, 15) is 0 Å². The Balaban J connectivity index is 2.03. The Morgan fingerprint density at radius 1 is 1.38 bits per heavy atom. The van der Waals surface area contributed by atoms with Gasteiger partial charge in [0.1, 0.15) is 11.4 Å². The van der Waals surface area contributed by atoms with Gasteiger partial charge in [0.25, 0.3) is 0 Å². The Hall–Kier alpha value is -3.82. The molecule has 0 bridgehead atoms. The number of hydrogen-bond donors (Lipinski definition) is 3. The van der Waals surface area contributed by atoms with Crippen molar-refractivity contribution in [2.45, 2.75) is 6.92 Å². The van der Waals surface area contributed by atoms with Gasteiger partial charge in [-0.25, -0.2) is 19.5 Å². The zero-order chi connectivity index (χ0) is 18.3. The zero-order valence-electron chi connectivity index (χ0n) is 14.2. The number of nitrogens with two attached hydrogens (primary N) is 1. The Kier molecular flexibility index (Phi) is 3.57. The number of amidine groups is 1. The van der Waals surface area contributed by atoms with Crippen LogP contribution >= 0.6 is 0 Å². The number of aliphatic imine (C=N–C) groups is 1. The summed E-state index contributed by atoms with van der Waals surface area (Å²) in [6, 6.07) is 1.88. The quantitative estimate of drug-likeness (QED) is 0.378. The van der Waals surface area contributed by atoms with Crippen molar-refractivity contribution in [3.05, 3.63) is 36.4 Å². The van der Waals surface area contributed by atoms with Crippen LogP contribution in [0.5, 0.6) is 0 Å². The number of H-pyrrole nitrogens is 1. The van der Waals surface area contributed by atoms with Crippen LogP contribution in [-0.4, -0.2) is 46.4 Å². The minimum absolute atomic E-state index is 0.0556. The molecule has 4 rings (SSSR count). The van der Waals surface area contributed by atoms with Crippen LogP contribution in [0.3, 0.4) is 0 Å². The molecule has 0 saturated heterocycles. The van der Waals surface area contributed by atoms with Crippen LogP contribution in [0.2, 0.25) is 0 Å². The molecule has 0 saturated carbocycles. The first-order chi connectivity index (χ1) is 12.6. The number of fused-ring (bicyclic) bond motifs is 1. The largest absolute Gasteiger partial charge is 0.382 e. The van der Waals surface area contributed by atoms with E-state index >= 15 is 0 Å². The number of aryl methyl sites for hydroxylation is 2. The van der Waals surface area contributed by atoms with Gasteiger partial charge in [-0.2, -0.15) is 5.10 Å². The van der Waals surface area contributed by atoms with E-state index in [4.69, 9.17) is 11.1 Å². The predicted octanol–water partition coefficient (Wildman–Crippen LogP) is 1.47. The van der Waals surface area contributed by atoms with Gasteiger partial charge in [0.05, 0.1) is 11.9 Å². The van der Waals surface area contributed by atoms with Crippen molar-refractivity contribution in [3.8, 4) is 22.9 Å². The molecular weight excluding hydrogens is 332 g/mol. The molecule has 0 radical (unpaired) electrons.